The summed E-state index contributed by atoms with van der Waals surface area (Å²) < 4.78 is 7.12. The smallest absolute Gasteiger partial charge is 0.330 e. The first kappa shape index (κ1) is 16.8. The second-order valence-electron chi connectivity index (χ2n) is 5.69. The van der Waals surface area contributed by atoms with E-state index in [9.17, 15) is 4.79 Å². The number of para-hydroxylation sites is 1. The van der Waals surface area contributed by atoms with Gasteiger partial charge >= 0.3 is 5.97 Å². The van der Waals surface area contributed by atoms with Crippen molar-refractivity contribution in [1.82, 2.24) is 4.57 Å². The van der Waals surface area contributed by atoms with E-state index in [2.05, 4.69) is 53.2 Å². The fourth-order valence-electron chi connectivity index (χ4n) is 2.80. The lowest BCUT2D eigenvalue weighted by Crippen LogP contribution is -1.98. The lowest BCUT2D eigenvalue weighted by molar-refractivity contribution is -0.137. The van der Waals surface area contributed by atoms with E-state index in [4.69, 9.17) is 4.74 Å². The molecule has 25 heavy (non-hydrogen) atoms. The second kappa shape index (κ2) is 8.15. The Hall–Kier alpha value is -3.07. The zero-order valence-electron chi connectivity index (χ0n) is 14.3. The Morgan fingerprint density at radius 3 is 2.60 bits per heavy atom. The van der Waals surface area contributed by atoms with Gasteiger partial charge in [0.1, 0.15) is 0 Å². The molecule has 0 saturated heterocycles. The first-order chi connectivity index (χ1) is 12.3. The van der Waals surface area contributed by atoms with Gasteiger partial charge in [-0.2, -0.15) is 0 Å². The van der Waals surface area contributed by atoms with Crippen molar-refractivity contribution >= 4 is 22.9 Å². The summed E-state index contributed by atoms with van der Waals surface area (Å²) >= 11 is 0. The van der Waals surface area contributed by atoms with Gasteiger partial charge in [0.2, 0.25) is 0 Å². The minimum atomic E-state index is -0.321. The Bertz CT molecular complexity index is 904. The van der Waals surface area contributed by atoms with Crippen LogP contribution in [0.1, 0.15) is 18.1 Å². The van der Waals surface area contributed by atoms with Gasteiger partial charge in [-0.25, -0.2) is 4.79 Å². The van der Waals surface area contributed by atoms with Crippen LogP contribution in [0.5, 0.6) is 0 Å². The molecule has 0 unspecified atom stereocenters. The summed E-state index contributed by atoms with van der Waals surface area (Å²) in [6.07, 6.45) is 9.17. The Labute approximate surface area is 147 Å². The van der Waals surface area contributed by atoms with Gasteiger partial charge in [-0.1, -0.05) is 66.8 Å². The van der Waals surface area contributed by atoms with Crippen LogP contribution >= 0.6 is 0 Å². The lowest BCUT2D eigenvalue weighted by Gasteiger charge is -2.05. The molecule has 0 bridgehead atoms. The van der Waals surface area contributed by atoms with Crippen molar-refractivity contribution in [3.63, 3.8) is 0 Å². The predicted molar refractivity (Wildman–Crippen MR) is 102 cm³/mol. The third-order valence-electron chi connectivity index (χ3n) is 3.92. The molecule has 3 aromatic rings. The maximum absolute atomic E-state index is 11.3. The van der Waals surface area contributed by atoms with E-state index in [0.29, 0.717) is 6.61 Å². The van der Waals surface area contributed by atoms with Crippen LogP contribution in [0, 0.1) is 0 Å². The van der Waals surface area contributed by atoms with Gasteiger partial charge in [0.25, 0.3) is 0 Å². The fourth-order valence-corrected chi connectivity index (χ4v) is 2.80. The molecule has 0 aliphatic heterocycles. The van der Waals surface area contributed by atoms with Gasteiger partial charge in [0, 0.05) is 29.7 Å². The molecule has 2 aromatic carbocycles. The predicted octanol–water partition coefficient (Wildman–Crippen LogP) is 4.82. The average Bonchev–Trinajstić information content (AvgIpc) is 2.98. The van der Waals surface area contributed by atoms with E-state index in [1.807, 2.05) is 24.3 Å². The number of allylic oxidation sites excluding steroid dienone is 2. The van der Waals surface area contributed by atoms with Crippen molar-refractivity contribution in [1.29, 1.82) is 0 Å². The number of ether oxygens (including phenoxy) is 1. The number of aromatic nitrogens is 1. The number of rotatable bonds is 6. The average molecular weight is 331 g/mol. The van der Waals surface area contributed by atoms with Crippen molar-refractivity contribution in [2.75, 3.05) is 6.61 Å². The first-order valence-corrected chi connectivity index (χ1v) is 8.41. The molecule has 0 aliphatic rings. The molecular formula is C22H21NO2. The molecule has 0 fully saturated rings. The van der Waals surface area contributed by atoms with E-state index < -0.39 is 0 Å². The van der Waals surface area contributed by atoms with Crippen molar-refractivity contribution in [2.45, 2.75) is 13.5 Å². The summed E-state index contributed by atoms with van der Waals surface area (Å²) in [7, 11) is 0. The molecule has 3 nitrogen and oxygen atoms in total. The Morgan fingerprint density at radius 1 is 1.04 bits per heavy atom. The van der Waals surface area contributed by atoms with Crippen LogP contribution in [0.3, 0.4) is 0 Å². The third kappa shape index (κ3) is 4.27. The van der Waals surface area contributed by atoms with Crippen molar-refractivity contribution in [3.8, 4) is 0 Å². The minimum absolute atomic E-state index is 0.321. The van der Waals surface area contributed by atoms with Crippen LogP contribution in [0.4, 0.5) is 0 Å². The highest BCUT2D eigenvalue weighted by Crippen LogP contribution is 2.23. The number of hydrogen-bond acceptors (Lipinski definition) is 2. The number of nitrogens with zero attached hydrogens (tertiary/aromatic N) is 1. The van der Waals surface area contributed by atoms with Gasteiger partial charge in [0.05, 0.1) is 6.61 Å². The van der Waals surface area contributed by atoms with E-state index >= 15 is 0 Å². The largest absolute Gasteiger partial charge is 0.463 e. The minimum Gasteiger partial charge on any atom is -0.463 e. The number of fused-ring (bicyclic) bond motifs is 1. The molecular weight excluding hydrogens is 310 g/mol. The van der Waals surface area contributed by atoms with E-state index in [0.717, 1.165) is 12.1 Å². The molecule has 0 saturated carbocycles. The molecule has 0 atom stereocenters. The molecule has 1 aromatic heterocycles. The molecule has 0 spiro atoms. The van der Waals surface area contributed by atoms with Crippen LogP contribution in [-0.4, -0.2) is 17.1 Å². The summed E-state index contributed by atoms with van der Waals surface area (Å²) in [5.41, 5.74) is 3.58. The van der Waals surface area contributed by atoms with Gasteiger partial charge in [0.15, 0.2) is 0 Å². The van der Waals surface area contributed by atoms with Gasteiger partial charge in [-0.05, 0) is 24.1 Å². The van der Waals surface area contributed by atoms with Crippen LogP contribution in [0.2, 0.25) is 0 Å². The Balaban J connectivity index is 1.85. The second-order valence-corrected chi connectivity index (χ2v) is 5.69. The highest BCUT2D eigenvalue weighted by molar-refractivity contribution is 5.90. The van der Waals surface area contributed by atoms with Crippen LogP contribution in [0.15, 0.2) is 79.0 Å². The number of benzene rings is 2. The molecule has 3 rings (SSSR count). The maximum atomic E-state index is 11.3. The summed E-state index contributed by atoms with van der Waals surface area (Å²) in [5, 5.41) is 1.19. The van der Waals surface area contributed by atoms with Crippen LogP contribution in [0.25, 0.3) is 17.0 Å². The van der Waals surface area contributed by atoms with Crippen molar-refractivity contribution < 1.29 is 9.53 Å². The number of carbonyl (C=O) groups excluding carboxylic acids is 1. The molecule has 3 heteroatoms. The zero-order valence-corrected chi connectivity index (χ0v) is 14.3. The van der Waals surface area contributed by atoms with Gasteiger partial charge in [-0.15, -0.1) is 0 Å². The highest BCUT2D eigenvalue weighted by Gasteiger charge is 2.06. The normalized spacial score (nSPS) is 11.6. The monoisotopic (exact) mass is 331 g/mol. The van der Waals surface area contributed by atoms with Crippen LogP contribution < -0.4 is 0 Å². The third-order valence-corrected chi connectivity index (χ3v) is 3.92. The quantitative estimate of drug-likeness (QED) is 0.368. The molecule has 126 valence electrons. The molecule has 1 heterocycles. The maximum Gasteiger partial charge on any atom is 0.330 e. The van der Waals surface area contributed by atoms with Gasteiger partial charge in [-0.3, -0.25) is 0 Å². The standard InChI is InChI=1S/C22H21NO2/c1-2-25-22(24)15-9-6-12-19-17-23(16-18-10-4-3-5-11-18)21-14-8-7-13-20(19)21/h3-15,17H,2,16H2,1H3/b12-6+,15-9+. The van der Waals surface area contributed by atoms with Gasteiger partial charge < -0.3 is 9.30 Å². The molecule has 0 aliphatic carbocycles. The zero-order chi connectivity index (χ0) is 17.5. The fraction of sp³-hybridized carbons (Fsp3) is 0.136. The van der Waals surface area contributed by atoms with E-state index in [1.165, 1.54) is 22.5 Å². The number of esters is 1. The van der Waals surface area contributed by atoms with Crippen molar-refractivity contribution in [3.05, 3.63) is 90.1 Å². The van der Waals surface area contributed by atoms with Crippen LogP contribution in [-0.2, 0) is 16.1 Å². The van der Waals surface area contributed by atoms with E-state index in [-0.39, 0.29) is 5.97 Å². The summed E-state index contributed by atoms with van der Waals surface area (Å²) in [6, 6.07) is 18.7. The SMILES string of the molecule is CCOC(=O)/C=C/C=C/c1cn(Cc2ccccc2)c2ccccc12. The molecule has 0 amide bonds. The highest BCUT2D eigenvalue weighted by atomic mass is 16.5. The molecule has 0 radical (unpaired) electrons. The number of hydrogen-bond donors (Lipinski definition) is 0. The van der Waals surface area contributed by atoms with E-state index in [1.54, 1.807) is 13.0 Å². The first-order valence-electron chi connectivity index (χ1n) is 8.41. The summed E-state index contributed by atoms with van der Waals surface area (Å²) in [6.45, 7) is 3.01. The number of carbonyl (C=O) groups is 1. The summed E-state index contributed by atoms with van der Waals surface area (Å²) in [5.74, 6) is -0.321. The Kier molecular flexibility index (Phi) is 5.47. The molecule has 0 N–H and O–H groups in total. The lowest BCUT2D eigenvalue weighted by atomic mass is 10.1. The van der Waals surface area contributed by atoms with Crippen molar-refractivity contribution in [2.24, 2.45) is 0 Å². The summed E-state index contributed by atoms with van der Waals surface area (Å²) in [4.78, 5) is 11.3. The topological polar surface area (TPSA) is 31.2 Å². The Morgan fingerprint density at radius 2 is 1.80 bits per heavy atom.